The van der Waals surface area contributed by atoms with Crippen LogP contribution in [0.1, 0.15) is 30.4 Å². The Hall–Kier alpha value is -1.89. The fourth-order valence-electron chi connectivity index (χ4n) is 1.29. The van der Waals surface area contributed by atoms with Gasteiger partial charge in [0.05, 0.1) is 16.5 Å². The lowest BCUT2D eigenvalue weighted by Crippen LogP contribution is -2.39. The van der Waals surface area contributed by atoms with Gasteiger partial charge >= 0.3 is 5.97 Å². The normalized spacial score (nSPS) is 11.5. The number of esters is 1. The Morgan fingerprint density at radius 1 is 1.37 bits per heavy atom. The third-order valence-electron chi connectivity index (χ3n) is 2.12. The van der Waals surface area contributed by atoms with Crippen LogP contribution in [0, 0.1) is 0 Å². The Balaban J connectivity index is 2.60. The van der Waals surface area contributed by atoms with Crippen LogP contribution < -0.4 is 10.6 Å². The lowest BCUT2D eigenvalue weighted by Gasteiger charge is -2.11. The topological polar surface area (TPSA) is 84.5 Å². The zero-order valence-corrected chi connectivity index (χ0v) is 11.8. The summed E-state index contributed by atoms with van der Waals surface area (Å²) < 4.78 is 4.79. The van der Waals surface area contributed by atoms with Crippen LogP contribution in [0.4, 0.5) is 5.00 Å². The summed E-state index contributed by atoms with van der Waals surface area (Å²) in [7, 11) is 0. The van der Waals surface area contributed by atoms with Crippen molar-refractivity contribution in [3.8, 4) is 0 Å². The van der Waals surface area contributed by atoms with E-state index < -0.39 is 12.0 Å². The maximum Gasteiger partial charge on any atom is 0.328 e. The lowest BCUT2D eigenvalue weighted by molar-refractivity contribution is -0.144. The maximum atomic E-state index is 11.8. The molecular weight excluding hydrogens is 268 g/mol. The van der Waals surface area contributed by atoms with Crippen LogP contribution in [-0.4, -0.2) is 30.4 Å². The van der Waals surface area contributed by atoms with Crippen LogP contribution in [-0.2, 0) is 14.3 Å². The predicted molar refractivity (Wildman–Crippen MR) is 72.2 cm³/mol. The fraction of sp³-hybridized carbons (Fsp3) is 0.417. The van der Waals surface area contributed by atoms with Crippen LogP contribution in [0.5, 0.6) is 0 Å². The van der Waals surface area contributed by atoms with Gasteiger partial charge in [-0.25, -0.2) is 4.79 Å². The van der Waals surface area contributed by atoms with E-state index in [0.29, 0.717) is 9.88 Å². The molecule has 1 rings (SSSR count). The quantitative estimate of drug-likeness (QED) is 0.800. The van der Waals surface area contributed by atoms with Crippen molar-refractivity contribution in [2.24, 2.45) is 0 Å². The lowest BCUT2D eigenvalue weighted by atomic mass is 10.3. The summed E-state index contributed by atoms with van der Waals surface area (Å²) in [5.41, 5.74) is 0. The molecule has 0 aliphatic rings. The molecule has 1 heterocycles. The Morgan fingerprint density at radius 3 is 2.63 bits per heavy atom. The summed E-state index contributed by atoms with van der Waals surface area (Å²) in [5, 5.41) is 5.70. The van der Waals surface area contributed by atoms with E-state index >= 15 is 0 Å². The highest BCUT2D eigenvalue weighted by atomic mass is 32.1. The van der Waals surface area contributed by atoms with Crippen molar-refractivity contribution in [2.75, 3.05) is 11.9 Å². The fourth-order valence-corrected chi connectivity index (χ4v) is 2.15. The number of hydrogen-bond donors (Lipinski definition) is 2. The van der Waals surface area contributed by atoms with Crippen LogP contribution in [0.2, 0.25) is 0 Å². The molecule has 1 aromatic rings. The first-order chi connectivity index (χ1) is 8.93. The van der Waals surface area contributed by atoms with Crippen molar-refractivity contribution in [1.29, 1.82) is 0 Å². The standard InChI is InChI=1S/C12H16N2O4S/c1-4-18-12(17)7(2)13-11(16)9-5-6-10(19-9)14-8(3)15/h5-7H,4H2,1-3H3,(H,13,16)(H,14,15). The molecule has 7 heteroatoms. The van der Waals surface area contributed by atoms with Crippen molar-refractivity contribution in [3.63, 3.8) is 0 Å². The zero-order valence-electron chi connectivity index (χ0n) is 11.0. The molecule has 0 aromatic carbocycles. The van der Waals surface area contributed by atoms with E-state index in [-0.39, 0.29) is 18.4 Å². The third kappa shape index (κ3) is 4.70. The van der Waals surface area contributed by atoms with Gasteiger partial charge in [0, 0.05) is 6.92 Å². The average molecular weight is 284 g/mol. The van der Waals surface area contributed by atoms with Gasteiger partial charge in [0.2, 0.25) is 5.91 Å². The Labute approximate surface area is 115 Å². The highest BCUT2D eigenvalue weighted by Crippen LogP contribution is 2.21. The molecule has 104 valence electrons. The van der Waals surface area contributed by atoms with Gasteiger partial charge in [-0.05, 0) is 26.0 Å². The second kappa shape index (κ2) is 6.89. The maximum absolute atomic E-state index is 11.8. The minimum absolute atomic E-state index is 0.200. The van der Waals surface area contributed by atoms with E-state index in [1.165, 1.54) is 6.92 Å². The number of thiophene rings is 1. The molecule has 1 unspecified atom stereocenters. The SMILES string of the molecule is CCOC(=O)C(C)NC(=O)c1ccc(NC(C)=O)s1. The van der Waals surface area contributed by atoms with Crippen LogP contribution >= 0.6 is 11.3 Å². The van der Waals surface area contributed by atoms with E-state index in [1.54, 1.807) is 26.0 Å². The first-order valence-corrected chi connectivity index (χ1v) is 6.60. The summed E-state index contributed by atoms with van der Waals surface area (Å²) >= 11 is 1.14. The molecule has 2 N–H and O–H groups in total. The first kappa shape index (κ1) is 15.2. The first-order valence-electron chi connectivity index (χ1n) is 5.79. The second-order valence-electron chi connectivity index (χ2n) is 3.79. The van der Waals surface area contributed by atoms with Gasteiger partial charge in [-0.15, -0.1) is 11.3 Å². The molecule has 2 amide bonds. The Bertz CT molecular complexity index is 484. The second-order valence-corrected chi connectivity index (χ2v) is 4.88. The van der Waals surface area contributed by atoms with Crippen LogP contribution in [0.15, 0.2) is 12.1 Å². The Morgan fingerprint density at radius 2 is 2.05 bits per heavy atom. The largest absolute Gasteiger partial charge is 0.464 e. The average Bonchev–Trinajstić information content (AvgIpc) is 2.76. The molecule has 0 aliphatic carbocycles. The van der Waals surface area contributed by atoms with Gasteiger partial charge in [0.15, 0.2) is 0 Å². The van der Waals surface area contributed by atoms with Gasteiger partial charge in [-0.3, -0.25) is 9.59 Å². The molecule has 0 spiro atoms. The van der Waals surface area contributed by atoms with Crippen molar-refractivity contribution in [3.05, 3.63) is 17.0 Å². The molecule has 0 aliphatic heterocycles. The number of nitrogens with one attached hydrogen (secondary N) is 2. The summed E-state index contributed by atoms with van der Waals surface area (Å²) in [5.74, 6) is -1.05. The molecule has 0 saturated heterocycles. The van der Waals surface area contributed by atoms with E-state index in [0.717, 1.165) is 11.3 Å². The highest BCUT2D eigenvalue weighted by molar-refractivity contribution is 7.18. The molecule has 0 saturated carbocycles. The summed E-state index contributed by atoms with van der Waals surface area (Å²) in [6.07, 6.45) is 0. The Kier molecular flexibility index (Phi) is 5.50. The van der Waals surface area contributed by atoms with Gasteiger partial charge in [0.25, 0.3) is 5.91 Å². The number of anilines is 1. The van der Waals surface area contributed by atoms with Gasteiger partial charge in [-0.2, -0.15) is 0 Å². The van der Waals surface area contributed by atoms with E-state index in [2.05, 4.69) is 10.6 Å². The number of carbonyl (C=O) groups excluding carboxylic acids is 3. The zero-order chi connectivity index (χ0) is 14.4. The minimum atomic E-state index is -0.709. The smallest absolute Gasteiger partial charge is 0.328 e. The van der Waals surface area contributed by atoms with Crippen molar-refractivity contribution in [2.45, 2.75) is 26.8 Å². The molecule has 6 nitrogen and oxygen atoms in total. The molecule has 0 bridgehead atoms. The van der Waals surface area contributed by atoms with E-state index in [1.807, 2.05) is 0 Å². The minimum Gasteiger partial charge on any atom is -0.464 e. The van der Waals surface area contributed by atoms with Crippen molar-refractivity contribution < 1.29 is 19.1 Å². The van der Waals surface area contributed by atoms with Crippen molar-refractivity contribution in [1.82, 2.24) is 5.32 Å². The predicted octanol–water partition coefficient (Wildman–Crippen LogP) is 1.39. The third-order valence-corrected chi connectivity index (χ3v) is 3.12. The molecule has 1 atom stereocenters. The summed E-state index contributed by atoms with van der Waals surface area (Å²) in [4.78, 5) is 34.5. The van der Waals surface area contributed by atoms with Gasteiger partial charge in [-0.1, -0.05) is 0 Å². The molecule has 1 aromatic heterocycles. The van der Waals surface area contributed by atoms with E-state index in [4.69, 9.17) is 4.74 Å². The van der Waals surface area contributed by atoms with Gasteiger partial charge in [0.1, 0.15) is 6.04 Å². The van der Waals surface area contributed by atoms with E-state index in [9.17, 15) is 14.4 Å². The molecule has 19 heavy (non-hydrogen) atoms. The van der Waals surface area contributed by atoms with Crippen LogP contribution in [0.25, 0.3) is 0 Å². The highest BCUT2D eigenvalue weighted by Gasteiger charge is 2.18. The van der Waals surface area contributed by atoms with Gasteiger partial charge < -0.3 is 15.4 Å². The van der Waals surface area contributed by atoms with Crippen molar-refractivity contribution >= 4 is 34.1 Å². The molecular formula is C12H16N2O4S. The van der Waals surface area contributed by atoms with Crippen LogP contribution in [0.3, 0.4) is 0 Å². The number of ether oxygens (including phenoxy) is 1. The summed E-state index contributed by atoms with van der Waals surface area (Å²) in [6, 6.07) is 2.51. The molecule has 0 fully saturated rings. The molecule has 0 radical (unpaired) electrons. The summed E-state index contributed by atoms with van der Waals surface area (Å²) in [6.45, 7) is 4.91. The number of carbonyl (C=O) groups is 3. The number of rotatable bonds is 5. The number of amides is 2. The monoisotopic (exact) mass is 284 g/mol. The number of hydrogen-bond acceptors (Lipinski definition) is 5.